The van der Waals surface area contributed by atoms with E-state index >= 15 is 0 Å². The fourth-order valence-electron chi connectivity index (χ4n) is 1.79. The van der Waals surface area contributed by atoms with E-state index in [0.29, 0.717) is 18.7 Å². The summed E-state index contributed by atoms with van der Waals surface area (Å²) in [7, 11) is 1.87. The van der Waals surface area contributed by atoms with E-state index in [1.165, 1.54) is 0 Å². The molecule has 0 amide bonds. The van der Waals surface area contributed by atoms with E-state index in [0.717, 1.165) is 11.3 Å². The van der Waals surface area contributed by atoms with Gasteiger partial charge < -0.3 is 10.4 Å². The summed E-state index contributed by atoms with van der Waals surface area (Å²) in [5, 5.41) is 26.1. The molecule has 1 aromatic carbocycles. The van der Waals surface area contributed by atoms with Gasteiger partial charge in [0.15, 0.2) is 0 Å². The number of aliphatic hydroxyl groups excluding tert-OH is 1. The van der Waals surface area contributed by atoms with Crippen LogP contribution in [0.25, 0.3) is 0 Å². The van der Waals surface area contributed by atoms with Crippen LogP contribution in [0, 0.1) is 11.3 Å². The Morgan fingerprint density at radius 3 is 2.68 bits per heavy atom. The zero-order valence-corrected chi connectivity index (χ0v) is 10.7. The van der Waals surface area contributed by atoms with Crippen molar-refractivity contribution in [3.05, 3.63) is 53.3 Å². The van der Waals surface area contributed by atoms with E-state index in [1.807, 2.05) is 19.3 Å². The number of hydrogen-bond donors (Lipinski definition) is 2. The molecule has 0 aliphatic carbocycles. The number of hydrogen-bond acceptors (Lipinski definition) is 4. The summed E-state index contributed by atoms with van der Waals surface area (Å²) in [6, 6.07) is 10.9. The van der Waals surface area contributed by atoms with Crippen molar-refractivity contribution in [2.24, 2.45) is 7.05 Å². The maximum absolute atomic E-state index is 10.00. The van der Waals surface area contributed by atoms with Gasteiger partial charge in [-0.15, -0.1) is 0 Å². The molecule has 19 heavy (non-hydrogen) atoms. The maximum atomic E-state index is 10.00. The average molecular weight is 256 g/mol. The van der Waals surface area contributed by atoms with Gasteiger partial charge in [-0.2, -0.15) is 10.4 Å². The van der Waals surface area contributed by atoms with Crippen molar-refractivity contribution in [1.29, 1.82) is 5.26 Å². The van der Waals surface area contributed by atoms with Crippen molar-refractivity contribution >= 4 is 0 Å². The van der Waals surface area contributed by atoms with Crippen LogP contribution >= 0.6 is 0 Å². The lowest BCUT2D eigenvalue weighted by Gasteiger charge is -2.11. The molecular weight excluding hydrogens is 240 g/mol. The summed E-state index contributed by atoms with van der Waals surface area (Å²) in [5.41, 5.74) is 2.33. The van der Waals surface area contributed by atoms with Gasteiger partial charge in [-0.3, -0.25) is 4.68 Å². The van der Waals surface area contributed by atoms with E-state index in [-0.39, 0.29) is 0 Å². The molecule has 0 saturated heterocycles. The lowest BCUT2D eigenvalue weighted by atomic mass is 10.1. The van der Waals surface area contributed by atoms with E-state index in [4.69, 9.17) is 5.26 Å². The first kappa shape index (κ1) is 13.3. The van der Waals surface area contributed by atoms with Gasteiger partial charge in [-0.25, -0.2) is 0 Å². The fourth-order valence-corrected chi connectivity index (χ4v) is 1.79. The highest BCUT2D eigenvalue weighted by molar-refractivity contribution is 5.32. The van der Waals surface area contributed by atoms with Gasteiger partial charge in [0, 0.05) is 26.3 Å². The average Bonchev–Trinajstić information content (AvgIpc) is 2.84. The van der Waals surface area contributed by atoms with Gasteiger partial charge >= 0.3 is 0 Å². The molecule has 0 radical (unpaired) electrons. The van der Waals surface area contributed by atoms with E-state index in [1.54, 1.807) is 28.9 Å². The standard InChI is InChI=1S/C14H16N4O/c1-18-7-6-13(17-18)9-16-10-14(19)12-4-2-11(8-15)3-5-12/h2-7,14,16,19H,9-10H2,1H3. The number of nitrogens with zero attached hydrogens (tertiary/aromatic N) is 3. The minimum Gasteiger partial charge on any atom is -0.387 e. The van der Waals surface area contributed by atoms with Gasteiger partial charge in [-0.1, -0.05) is 12.1 Å². The number of aryl methyl sites for hydroxylation is 1. The number of nitrogens with one attached hydrogen (secondary N) is 1. The molecule has 0 bridgehead atoms. The molecule has 0 saturated carbocycles. The molecular formula is C14H16N4O. The number of aromatic nitrogens is 2. The monoisotopic (exact) mass is 256 g/mol. The number of aliphatic hydroxyl groups is 1. The molecule has 98 valence electrons. The van der Waals surface area contributed by atoms with E-state index in [2.05, 4.69) is 16.5 Å². The van der Waals surface area contributed by atoms with Crippen molar-refractivity contribution < 1.29 is 5.11 Å². The van der Waals surface area contributed by atoms with Gasteiger partial charge in [0.2, 0.25) is 0 Å². The number of benzene rings is 1. The molecule has 2 rings (SSSR count). The van der Waals surface area contributed by atoms with E-state index < -0.39 is 6.10 Å². The molecule has 1 heterocycles. The minimum absolute atomic E-state index is 0.447. The molecule has 1 atom stereocenters. The van der Waals surface area contributed by atoms with Crippen LogP contribution in [0.5, 0.6) is 0 Å². The van der Waals surface area contributed by atoms with Crippen molar-refractivity contribution in [3.8, 4) is 6.07 Å². The molecule has 0 fully saturated rings. The predicted molar refractivity (Wildman–Crippen MR) is 71.0 cm³/mol. The Balaban J connectivity index is 1.83. The largest absolute Gasteiger partial charge is 0.387 e. The molecule has 2 aromatic rings. The zero-order chi connectivity index (χ0) is 13.7. The summed E-state index contributed by atoms with van der Waals surface area (Å²) in [6.45, 7) is 1.07. The first-order chi connectivity index (χ1) is 9.19. The second-order valence-corrected chi connectivity index (χ2v) is 4.36. The Kier molecular flexibility index (Phi) is 4.29. The lowest BCUT2D eigenvalue weighted by Crippen LogP contribution is -2.21. The third-order valence-electron chi connectivity index (χ3n) is 2.84. The first-order valence-electron chi connectivity index (χ1n) is 6.06. The molecule has 5 nitrogen and oxygen atoms in total. The zero-order valence-electron chi connectivity index (χ0n) is 10.7. The van der Waals surface area contributed by atoms with Crippen LogP contribution in [-0.4, -0.2) is 21.4 Å². The highest BCUT2D eigenvalue weighted by atomic mass is 16.3. The Bertz CT molecular complexity index is 568. The summed E-state index contributed by atoms with van der Waals surface area (Å²) >= 11 is 0. The maximum Gasteiger partial charge on any atom is 0.0991 e. The summed E-state index contributed by atoms with van der Waals surface area (Å²) in [6.07, 6.45) is 1.30. The molecule has 5 heteroatoms. The Hall–Kier alpha value is -2.16. The van der Waals surface area contributed by atoms with Crippen molar-refractivity contribution in [2.75, 3.05) is 6.54 Å². The first-order valence-corrected chi connectivity index (χ1v) is 6.06. The van der Waals surface area contributed by atoms with Crippen LogP contribution in [0.1, 0.15) is 22.9 Å². The van der Waals surface area contributed by atoms with Gasteiger partial charge in [0.1, 0.15) is 0 Å². The molecule has 0 spiro atoms. The summed E-state index contributed by atoms with van der Waals surface area (Å²) < 4.78 is 1.74. The SMILES string of the molecule is Cn1ccc(CNCC(O)c2ccc(C#N)cc2)n1. The quantitative estimate of drug-likeness (QED) is 0.840. The molecule has 0 aliphatic heterocycles. The van der Waals surface area contributed by atoms with Crippen LogP contribution in [0.2, 0.25) is 0 Å². The lowest BCUT2D eigenvalue weighted by molar-refractivity contribution is 0.174. The highest BCUT2D eigenvalue weighted by Gasteiger charge is 2.07. The van der Waals surface area contributed by atoms with Crippen LogP contribution in [0.4, 0.5) is 0 Å². The number of rotatable bonds is 5. The Labute approximate surface area is 112 Å². The fraction of sp³-hybridized carbons (Fsp3) is 0.286. The molecule has 1 unspecified atom stereocenters. The highest BCUT2D eigenvalue weighted by Crippen LogP contribution is 2.12. The second kappa shape index (κ2) is 6.14. The predicted octanol–water partition coefficient (Wildman–Crippen LogP) is 1.11. The van der Waals surface area contributed by atoms with Crippen LogP contribution in [0.15, 0.2) is 36.5 Å². The molecule has 0 aliphatic rings. The van der Waals surface area contributed by atoms with Gasteiger partial charge in [0.25, 0.3) is 0 Å². The smallest absolute Gasteiger partial charge is 0.0991 e. The summed E-state index contributed by atoms with van der Waals surface area (Å²) in [4.78, 5) is 0. The minimum atomic E-state index is -0.587. The third-order valence-corrected chi connectivity index (χ3v) is 2.84. The second-order valence-electron chi connectivity index (χ2n) is 4.36. The van der Waals surface area contributed by atoms with Gasteiger partial charge in [0.05, 0.1) is 23.4 Å². The third kappa shape index (κ3) is 3.65. The van der Waals surface area contributed by atoms with Crippen molar-refractivity contribution in [2.45, 2.75) is 12.6 Å². The topological polar surface area (TPSA) is 73.9 Å². The number of nitriles is 1. The normalized spacial score (nSPS) is 12.1. The molecule has 2 N–H and O–H groups in total. The Morgan fingerprint density at radius 1 is 1.37 bits per heavy atom. The summed E-state index contributed by atoms with van der Waals surface area (Å²) in [5.74, 6) is 0. The van der Waals surface area contributed by atoms with Crippen molar-refractivity contribution in [1.82, 2.24) is 15.1 Å². The van der Waals surface area contributed by atoms with Crippen LogP contribution < -0.4 is 5.32 Å². The van der Waals surface area contributed by atoms with E-state index in [9.17, 15) is 5.11 Å². The van der Waals surface area contributed by atoms with Crippen LogP contribution in [-0.2, 0) is 13.6 Å². The van der Waals surface area contributed by atoms with Gasteiger partial charge in [-0.05, 0) is 23.8 Å². The Morgan fingerprint density at radius 2 is 2.11 bits per heavy atom. The van der Waals surface area contributed by atoms with Crippen LogP contribution in [0.3, 0.4) is 0 Å². The van der Waals surface area contributed by atoms with Crippen molar-refractivity contribution in [3.63, 3.8) is 0 Å². The molecule has 1 aromatic heterocycles.